The van der Waals surface area contributed by atoms with Crippen LogP contribution >= 0.6 is 11.3 Å². The van der Waals surface area contributed by atoms with Crippen molar-refractivity contribution in [3.63, 3.8) is 0 Å². The number of halogens is 3. The summed E-state index contributed by atoms with van der Waals surface area (Å²) in [5.41, 5.74) is 0.878. The van der Waals surface area contributed by atoms with Crippen LogP contribution in [-0.2, 0) is 0 Å². The van der Waals surface area contributed by atoms with E-state index in [0.717, 1.165) is 30.0 Å². The first-order valence-corrected chi connectivity index (χ1v) is 7.78. The van der Waals surface area contributed by atoms with Crippen LogP contribution in [0.15, 0.2) is 0 Å². The van der Waals surface area contributed by atoms with Crippen LogP contribution in [0.25, 0.3) is 0 Å². The number of hydrogen-bond donors (Lipinski definition) is 0. The lowest BCUT2D eigenvalue weighted by Crippen LogP contribution is -2.49. The third-order valence-corrected chi connectivity index (χ3v) is 4.84. The number of rotatable bonds is 4. The molecule has 1 saturated carbocycles. The van der Waals surface area contributed by atoms with Crippen molar-refractivity contribution in [2.24, 2.45) is 0 Å². The lowest BCUT2D eigenvalue weighted by Gasteiger charge is -2.34. The van der Waals surface area contributed by atoms with Crippen molar-refractivity contribution in [2.75, 3.05) is 37.6 Å². The molecule has 0 amide bonds. The number of thiazole rings is 1. The van der Waals surface area contributed by atoms with Gasteiger partial charge in [0.2, 0.25) is 0 Å². The van der Waals surface area contributed by atoms with Crippen LogP contribution < -0.4 is 4.90 Å². The molecular weight excluding hydrogens is 303 g/mol. The highest BCUT2D eigenvalue weighted by molar-refractivity contribution is 7.17. The van der Waals surface area contributed by atoms with Crippen LogP contribution in [0, 0.1) is 0 Å². The quantitative estimate of drug-likeness (QED) is 0.799. The monoisotopic (exact) mass is 319 g/mol. The normalized spacial score (nSPS) is 20.8. The van der Waals surface area contributed by atoms with Crippen molar-refractivity contribution in [2.45, 2.75) is 24.9 Å². The van der Waals surface area contributed by atoms with E-state index in [1.54, 1.807) is 0 Å². The van der Waals surface area contributed by atoms with Gasteiger partial charge in [0.15, 0.2) is 11.4 Å². The van der Waals surface area contributed by atoms with E-state index < -0.39 is 12.7 Å². The van der Waals surface area contributed by atoms with Crippen molar-refractivity contribution in [1.29, 1.82) is 0 Å². The Morgan fingerprint density at radius 3 is 2.43 bits per heavy atom. The Balaban J connectivity index is 1.63. The number of piperazine rings is 1. The summed E-state index contributed by atoms with van der Waals surface area (Å²) in [4.78, 5) is 19.7. The summed E-state index contributed by atoms with van der Waals surface area (Å²) in [6.07, 6.45) is -1.16. The zero-order valence-corrected chi connectivity index (χ0v) is 12.2. The predicted octanol–water partition coefficient (Wildman–Crippen LogP) is 2.52. The smallest absolute Gasteiger partial charge is 0.346 e. The van der Waals surface area contributed by atoms with Crippen LogP contribution in [-0.4, -0.2) is 55.1 Å². The summed E-state index contributed by atoms with van der Waals surface area (Å²) < 4.78 is 37.1. The zero-order chi connectivity index (χ0) is 15.0. The van der Waals surface area contributed by atoms with E-state index in [1.807, 2.05) is 4.90 Å². The van der Waals surface area contributed by atoms with Gasteiger partial charge in [-0.1, -0.05) is 11.3 Å². The first-order valence-electron chi connectivity index (χ1n) is 6.96. The van der Waals surface area contributed by atoms with Gasteiger partial charge in [0.25, 0.3) is 0 Å². The van der Waals surface area contributed by atoms with Gasteiger partial charge in [-0.15, -0.1) is 0 Å². The third-order valence-electron chi connectivity index (χ3n) is 3.79. The van der Waals surface area contributed by atoms with Gasteiger partial charge < -0.3 is 4.90 Å². The van der Waals surface area contributed by atoms with Crippen LogP contribution in [0.2, 0.25) is 0 Å². The molecular formula is C13H16F3N3OS. The van der Waals surface area contributed by atoms with E-state index in [0.29, 0.717) is 37.0 Å². The van der Waals surface area contributed by atoms with E-state index in [2.05, 4.69) is 4.98 Å². The molecule has 3 rings (SSSR count). The molecule has 2 aliphatic rings. The molecule has 1 aliphatic carbocycles. The van der Waals surface area contributed by atoms with Gasteiger partial charge in [-0.2, -0.15) is 13.2 Å². The number of alkyl halides is 3. The molecule has 1 saturated heterocycles. The van der Waals surface area contributed by atoms with Gasteiger partial charge in [0, 0.05) is 32.1 Å². The molecule has 1 aromatic rings. The topological polar surface area (TPSA) is 36.4 Å². The maximum absolute atomic E-state index is 12.4. The van der Waals surface area contributed by atoms with Crippen LogP contribution in [0.3, 0.4) is 0 Å². The molecule has 0 N–H and O–H groups in total. The average Bonchev–Trinajstić information content (AvgIpc) is 3.17. The van der Waals surface area contributed by atoms with Gasteiger partial charge in [-0.05, 0) is 12.8 Å². The Bertz CT molecular complexity index is 519. The number of aldehydes is 1. The highest BCUT2D eigenvalue weighted by Gasteiger charge is 2.34. The highest BCUT2D eigenvalue weighted by Crippen LogP contribution is 2.43. The van der Waals surface area contributed by atoms with Crippen molar-refractivity contribution in [3.8, 4) is 0 Å². The van der Waals surface area contributed by atoms with E-state index >= 15 is 0 Å². The molecule has 2 heterocycles. The standard InChI is InChI=1S/C13H16F3N3OS/c14-13(15,16)8-18-3-5-19(6-4-18)12-17-11(9-1-2-9)10(7-20)21-12/h7,9H,1-6,8H2. The lowest BCUT2D eigenvalue weighted by atomic mass is 10.3. The maximum atomic E-state index is 12.4. The minimum Gasteiger partial charge on any atom is -0.346 e. The molecule has 0 unspecified atom stereocenters. The van der Waals surface area contributed by atoms with Crippen LogP contribution in [0.1, 0.15) is 34.1 Å². The van der Waals surface area contributed by atoms with Crippen molar-refractivity contribution >= 4 is 22.8 Å². The summed E-state index contributed by atoms with van der Waals surface area (Å²) in [5.74, 6) is 0.404. The molecule has 116 valence electrons. The fraction of sp³-hybridized carbons (Fsp3) is 0.692. The van der Waals surface area contributed by atoms with E-state index in [-0.39, 0.29) is 0 Å². The molecule has 0 bridgehead atoms. The fourth-order valence-electron chi connectivity index (χ4n) is 2.55. The number of anilines is 1. The Hall–Kier alpha value is -1.15. The Morgan fingerprint density at radius 2 is 1.90 bits per heavy atom. The number of carbonyl (C=O) groups is 1. The average molecular weight is 319 g/mol. The minimum absolute atomic E-state index is 0.369. The summed E-state index contributed by atoms with van der Waals surface area (Å²) in [7, 11) is 0. The molecule has 2 fully saturated rings. The second kappa shape index (κ2) is 5.57. The summed E-state index contributed by atoms with van der Waals surface area (Å²) in [6, 6.07) is 0. The SMILES string of the molecule is O=Cc1sc(N2CCN(CC(F)(F)F)CC2)nc1C1CC1. The maximum Gasteiger partial charge on any atom is 0.401 e. The van der Waals surface area contributed by atoms with Gasteiger partial charge >= 0.3 is 6.18 Å². The lowest BCUT2D eigenvalue weighted by molar-refractivity contribution is -0.146. The number of hydrogen-bond acceptors (Lipinski definition) is 5. The molecule has 21 heavy (non-hydrogen) atoms. The third kappa shape index (κ3) is 3.55. The van der Waals surface area contributed by atoms with Gasteiger partial charge in [-0.25, -0.2) is 4.98 Å². The Labute approximate surface area is 124 Å². The highest BCUT2D eigenvalue weighted by atomic mass is 32.1. The van der Waals surface area contributed by atoms with Gasteiger partial charge in [0.1, 0.15) is 0 Å². The van der Waals surface area contributed by atoms with Crippen LogP contribution in [0.4, 0.5) is 18.3 Å². The van der Waals surface area contributed by atoms with E-state index in [1.165, 1.54) is 16.2 Å². The van der Waals surface area contributed by atoms with E-state index in [4.69, 9.17) is 0 Å². The molecule has 1 aromatic heterocycles. The van der Waals surface area contributed by atoms with E-state index in [9.17, 15) is 18.0 Å². The number of aromatic nitrogens is 1. The van der Waals surface area contributed by atoms with Gasteiger partial charge in [0.05, 0.1) is 17.1 Å². The fourth-order valence-corrected chi connectivity index (χ4v) is 3.57. The van der Waals surface area contributed by atoms with Crippen molar-refractivity contribution in [3.05, 3.63) is 10.6 Å². The first kappa shape index (κ1) is 14.8. The Morgan fingerprint density at radius 1 is 1.24 bits per heavy atom. The molecule has 0 aromatic carbocycles. The molecule has 0 radical (unpaired) electrons. The molecule has 8 heteroatoms. The molecule has 1 aliphatic heterocycles. The Kier molecular flexibility index (Phi) is 3.92. The summed E-state index contributed by atoms with van der Waals surface area (Å²) >= 11 is 1.35. The molecule has 0 atom stereocenters. The number of carbonyl (C=O) groups excluding carboxylic acids is 1. The first-order chi connectivity index (χ1) is 9.96. The minimum atomic E-state index is -4.15. The second-order valence-electron chi connectivity index (χ2n) is 5.52. The zero-order valence-electron chi connectivity index (χ0n) is 11.4. The summed E-state index contributed by atoms with van der Waals surface area (Å²) in [5, 5.41) is 0.769. The number of nitrogens with zero attached hydrogens (tertiary/aromatic N) is 3. The largest absolute Gasteiger partial charge is 0.401 e. The predicted molar refractivity (Wildman–Crippen MR) is 74.2 cm³/mol. The van der Waals surface area contributed by atoms with Gasteiger partial charge in [-0.3, -0.25) is 9.69 Å². The molecule has 4 nitrogen and oxygen atoms in total. The van der Waals surface area contributed by atoms with Crippen molar-refractivity contribution < 1.29 is 18.0 Å². The summed E-state index contributed by atoms with van der Waals surface area (Å²) in [6.45, 7) is 0.923. The van der Waals surface area contributed by atoms with Crippen LogP contribution in [0.5, 0.6) is 0 Å². The molecule has 0 spiro atoms. The second-order valence-corrected chi connectivity index (χ2v) is 6.53. The van der Waals surface area contributed by atoms with Crippen molar-refractivity contribution in [1.82, 2.24) is 9.88 Å².